The fourth-order valence-electron chi connectivity index (χ4n) is 1.98. The van der Waals surface area contributed by atoms with E-state index in [1.165, 1.54) is 22.5 Å². The van der Waals surface area contributed by atoms with Crippen LogP contribution < -0.4 is 5.73 Å². The molecule has 1 unspecified atom stereocenters. The van der Waals surface area contributed by atoms with E-state index in [-0.39, 0.29) is 28.4 Å². The van der Waals surface area contributed by atoms with Crippen LogP contribution in [0.25, 0.3) is 0 Å². The Hall–Kier alpha value is -0.0400. The topological polar surface area (TPSA) is 63.4 Å². The molecule has 108 valence electrons. The Labute approximate surface area is 129 Å². The van der Waals surface area contributed by atoms with Crippen molar-refractivity contribution in [2.24, 2.45) is 5.73 Å². The lowest BCUT2D eigenvalue weighted by molar-refractivity contribution is 0.316. The van der Waals surface area contributed by atoms with Crippen LogP contribution in [0.4, 0.5) is 0 Å². The molecule has 0 amide bonds. The minimum Gasteiger partial charge on any atom is -0.327 e. The molecule has 1 aromatic carbocycles. The van der Waals surface area contributed by atoms with E-state index in [2.05, 4.69) is 0 Å². The SMILES string of the molecule is Cl.NC1CCCN(S(=O)(=O)c2ccc(Cl)c(Cl)c2)C1. The van der Waals surface area contributed by atoms with Gasteiger partial charge in [-0.2, -0.15) is 4.31 Å². The highest BCUT2D eigenvalue weighted by Crippen LogP contribution is 2.27. The Morgan fingerprint density at radius 3 is 2.53 bits per heavy atom. The molecule has 0 saturated carbocycles. The molecule has 1 saturated heterocycles. The summed E-state index contributed by atoms with van der Waals surface area (Å²) in [6, 6.07) is 4.22. The molecule has 0 aliphatic carbocycles. The van der Waals surface area contributed by atoms with E-state index in [9.17, 15) is 8.42 Å². The van der Waals surface area contributed by atoms with Gasteiger partial charge in [0.25, 0.3) is 0 Å². The number of nitrogens with two attached hydrogens (primary N) is 1. The maximum Gasteiger partial charge on any atom is 0.243 e. The van der Waals surface area contributed by atoms with Crippen LogP contribution in [-0.2, 0) is 10.0 Å². The van der Waals surface area contributed by atoms with Crippen molar-refractivity contribution in [3.63, 3.8) is 0 Å². The third kappa shape index (κ3) is 3.74. The number of piperidine rings is 1. The second-order valence-electron chi connectivity index (χ2n) is 4.34. The summed E-state index contributed by atoms with van der Waals surface area (Å²) in [4.78, 5) is 0.158. The quantitative estimate of drug-likeness (QED) is 0.896. The van der Waals surface area contributed by atoms with Gasteiger partial charge in [-0.3, -0.25) is 0 Å². The first-order chi connectivity index (χ1) is 8.41. The highest BCUT2D eigenvalue weighted by Gasteiger charge is 2.29. The van der Waals surface area contributed by atoms with Crippen molar-refractivity contribution in [1.29, 1.82) is 0 Å². The molecular weight excluding hydrogens is 331 g/mol. The van der Waals surface area contributed by atoms with Crippen molar-refractivity contribution in [1.82, 2.24) is 4.31 Å². The van der Waals surface area contributed by atoms with E-state index in [1.54, 1.807) is 0 Å². The largest absolute Gasteiger partial charge is 0.327 e. The molecule has 1 atom stereocenters. The van der Waals surface area contributed by atoms with Gasteiger partial charge >= 0.3 is 0 Å². The van der Waals surface area contributed by atoms with Crippen LogP contribution in [0.5, 0.6) is 0 Å². The summed E-state index contributed by atoms with van der Waals surface area (Å²) < 4.78 is 26.1. The van der Waals surface area contributed by atoms with Gasteiger partial charge in [-0.05, 0) is 31.0 Å². The zero-order valence-electron chi connectivity index (χ0n) is 10.1. The number of halogens is 3. The van der Waals surface area contributed by atoms with Crippen LogP contribution in [0.15, 0.2) is 23.1 Å². The number of hydrogen-bond donors (Lipinski definition) is 1. The lowest BCUT2D eigenvalue weighted by Crippen LogP contribution is -2.45. The predicted octanol–water partition coefficient (Wildman–Crippen LogP) is 2.53. The number of hydrogen-bond acceptors (Lipinski definition) is 3. The Kier molecular flexibility index (Phi) is 5.92. The zero-order chi connectivity index (χ0) is 13.3. The van der Waals surface area contributed by atoms with E-state index in [4.69, 9.17) is 28.9 Å². The Morgan fingerprint density at radius 2 is 1.95 bits per heavy atom. The molecule has 0 aromatic heterocycles. The van der Waals surface area contributed by atoms with Gasteiger partial charge in [0, 0.05) is 19.1 Å². The lowest BCUT2D eigenvalue weighted by Gasteiger charge is -2.29. The molecule has 2 rings (SSSR count). The highest BCUT2D eigenvalue weighted by atomic mass is 35.5. The predicted molar refractivity (Wildman–Crippen MR) is 79.7 cm³/mol. The van der Waals surface area contributed by atoms with Gasteiger partial charge in [-0.15, -0.1) is 12.4 Å². The summed E-state index contributed by atoms with van der Waals surface area (Å²) in [6.07, 6.45) is 1.63. The zero-order valence-corrected chi connectivity index (χ0v) is 13.2. The van der Waals surface area contributed by atoms with Crippen molar-refractivity contribution < 1.29 is 8.42 Å². The summed E-state index contributed by atoms with van der Waals surface area (Å²) >= 11 is 11.6. The molecule has 0 bridgehead atoms. The van der Waals surface area contributed by atoms with E-state index >= 15 is 0 Å². The summed E-state index contributed by atoms with van der Waals surface area (Å²) in [7, 11) is -3.52. The summed E-state index contributed by atoms with van der Waals surface area (Å²) in [5.74, 6) is 0. The van der Waals surface area contributed by atoms with Crippen molar-refractivity contribution in [3.8, 4) is 0 Å². The summed E-state index contributed by atoms with van der Waals surface area (Å²) in [6.45, 7) is 0.846. The van der Waals surface area contributed by atoms with Crippen LogP contribution in [0.1, 0.15) is 12.8 Å². The number of nitrogens with zero attached hydrogens (tertiary/aromatic N) is 1. The first kappa shape index (κ1) is 17.0. The minimum absolute atomic E-state index is 0. The van der Waals surface area contributed by atoms with E-state index in [0.29, 0.717) is 18.1 Å². The third-order valence-electron chi connectivity index (χ3n) is 2.95. The molecule has 1 aromatic rings. The van der Waals surface area contributed by atoms with Gasteiger partial charge in [0.05, 0.1) is 14.9 Å². The Morgan fingerprint density at radius 1 is 1.26 bits per heavy atom. The molecule has 2 N–H and O–H groups in total. The normalized spacial score (nSPS) is 20.9. The second-order valence-corrected chi connectivity index (χ2v) is 7.09. The van der Waals surface area contributed by atoms with E-state index < -0.39 is 10.0 Å². The molecule has 0 spiro atoms. The van der Waals surface area contributed by atoms with Crippen molar-refractivity contribution in [3.05, 3.63) is 28.2 Å². The maximum atomic E-state index is 12.4. The molecule has 1 heterocycles. The molecule has 4 nitrogen and oxygen atoms in total. The second kappa shape index (κ2) is 6.61. The number of benzene rings is 1. The number of sulfonamides is 1. The minimum atomic E-state index is -3.52. The van der Waals surface area contributed by atoms with Crippen molar-refractivity contribution >= 4 is 45.6 Å². The van der Waals surface area contributed by atoms with Gasteiger partial charge in [0.15, 0.2) is 0 Å². The lowest BCUT2D eigenvalue weighted by atomic mass is 10.1. The van der Waals surface area contributed by atoms with Crippen molar-refractivity contribution in [2.75, 3.05) is 13.1 Å². The Bertz CT molecular complexity index is 551. The average molecular weight is 346 g/mol. The molecule has 8 heteroatoms. The van der Waals surface area contributed by atoms with Gasteiger partial charge in [0.1, 0.15) is 0 Å². The molecule has 1 aliphatic rings. The van der Waals surface area contributed by atoms with Gasteiger partial charge < -0.3 is 5.73 Å². The molecular formula is C11H15Cl3N2O2S. The van der Waals surface area contributed by atoms with E-state index in [1.807, 2.05) is 0 Å². The van der Waals surface area contributed by atoms with Crippen LogP contribution >= 0.6 is 35.6 Å². The van der Waals surface area contributed by atoms with Crippen LogP contribution in [-0.4, -0.2) is 31.9 Å². The van der Waals surface area contributed by atoms with Gasteiger partial charge in [-0.25, -0.2) is 8.42 Å². The molecule has 1 fully saturated rings. The standard InChI is InChI=1S/C11H14Cl2N2O2S.ClH/c12-10-4-3-9(6-11(10)13)18(16,17)15-5-1-2-8(14)7-15;/h3-4,6,8H,1-2,5,7,14H2;1H. The molecule has 1 aliphatic heterocycles. The summed E-state index contributed by atoms with van der Waals surface area (Å²) in [5.41, 5.74) is 5.80. The fraction of sp³-hybridized carbons (Fsp3) is 0.455. The first-order valence-electron chi connectivity index (χ1n) is 5.62. The van der Waals surface area contributed by atoms with Crippen molar-refractivity contribution in [2.45, 2.75) is 23.8 Å². The first-order valence-corrected chi connectivity index (χ1v) is 7.81. The third-order valence-corrected chi connectivity index (χ3v) is 5.55. The van der Waals surface area contributed by atoms with Crippen LogP contribution in [0, 0.1) is 0 Å². The highest BCUT2D eigenvalue weighted by molar-refractivity contribution is 7.89. The van der Waals surface area contributed by atoms with Crippen LogP contribution in [0.3, 0.4) is 0 Å². The van der Waals surface area contributed by atoms with E-state index in [0.717, 1.165) is 12.8 Å². The fourth-order valence-corrected chi connectivity index (χ4v) is 3.90. The smallest absolute Gasteiger partial charge is 0.243 e. The molecule has 19 heavy (non-hydrogen) atoms. The van der Waals surface area contributed by atoms with Crippen LogP contribution in [0.2, 0.25) is 10.0 Å². The Balaban J connectivity index is 0.00000180. The summed E-state index contributed by atoms with van der Waals surface area (Å²) in [5, 5.41) is 0.574. The monoisotopic (exact) mass is 344 g/mol. The number of rotatable bonds is 2. The molecule has 0 radical (unpaired) electrons. The maximum absolute atomic E-state index is 12.4. The van der Waals surface area contributed by atoms with Gasteiger partial charge in [0.2, 0.25) is 10.0 Å². The average Bonchev–Trinajstić information content (AvgIpc) is 2.32. The van der Waals surface area contributed by atoms with Gasteiger partial charge in [-0.1, -0.05) is 23.2 Å².